The quantitative estimate of drug-likeness (QED) is 0.380. The van der Waals surface area contributed by atoms with E-state index in [-0.39, 0.29) is 11.0 Å². The smallest absolute Gasteiger partial charge is 0.257 e. The minimum Gasteiger partial charge on any atom is -0.495 e. The molecule has 0 saturated heterocycles. The van der Waals surface area contributed by atoms with E-state index >= 15 is 0 Å². The maximum Gasteiger partial charge on any atom is 0.257 e. The van der Waals surface area contributed by atoms with Crippen LogP contribution < -0.4 is 15.4 Å². The molecule has 0 saturated carbocycles. The maximum absolute atomic E-state index is 12.4. The number of benzene rings is 3. The van der Waals surface area contributed by atoms with Crippen molar-refractivity contribution in [2.24, 2.45) is 0 Å². The van der Waals surface area contributed by atoms with Gasteiger partial charge in [-0.1, -0.05) is 28.1 Å². The van der Waals surface area contributed by atoms with Gasteiger partial charge in [-0.2, -0.15) is 0 Å². The number of oxazole rings is 1. The third kappa shape index (κ3) is 4.34. The number of halogens is 1. The summed E-state index contributed by atoms with van der Waals surface area (Å²) in [5.74, 6) is 0.732. The summed E-state index contributed by atoms with van der Waals surface area (Å²) in [5, 5.41) is 5.83. The predicted molar refractivity (Wildman–Crippen MR) is 124 cm³/mol. The van der Waals surface area contributed by atoms with Gasteiger partial charge in [0.05, 0.1) is 12.8 Å². The second kappa shape index (κ2) is 8.64. The van der Waals surface area contributed by atoms with Crippen LogP contribution in [0.5, 0.6) is 5.75 Å². The van der Waals surface area contributed by atoms with Gasteiger partial charge in [0.15, 0.2) is 10.7 Å². The predicted octanol–water partition coefficient (Wildman–Crippen LogP) is 5.39. The number of anilines is 1. The van der Waals surface area contributed by atoms with Crippen molar-refractivity contribution in [1.82, 2.24) is 10.3 Å². The van der Waals surface area contributed by atoms with Crippen LogP contribution in [0, 0.1) is 0 Å². The summed E-state index contributed by atoms with van der Waals surface area (Å²) >= 11 is 8.66. The lowest BCUT2D eigenvalue weighted by atomic mass is 10.2. The molecule has 30 heavy (non-hydrogen) atoms. The van der Waals surface area contributed by atoms with Crippen molar-refractivity contribution in [2.45, 2.75) is 0 Å². The van der Waals surface area contributed by atoms with Crippen LogP contribution in [0.1, 0.15) is 10.4 Å². The number of nitrogens with zero attached hydrogens (tertiary/aromatic N) is 1. The van der Waals surface area contributed by atoms with Gasteiger partial charge in [0.2, 0.25) is 5.89 Å². The normalized spacial score (nSPS) is 10.6. The van der Waals surface area contributed by atoms with Gasteiger partial charge in [0.25, 0.3) is 5.91 Å². The molecule has 0 unspecified atom stereocenters. The number of hydrogen-bond acceptors (Lipinski definition) is 5. The van der Waals surface area contributed by atoms with Gasteiger partial charge in [-0.05, 0) is 66.8 Å². The molecule has 0 aliphatic rings. The van der Waals surface area contributed by atoms with E-state index in [0.717, 1.165) is 15.6 Å². The lowest BCUT2D eigenvalue weighted by molar-refractivity contribution is 0.0977. The number of aromatic nitrogens is 1. The number of ether oxygens (including phenoxy) is 1. The van der Waals surface area contributed by atoms with Gasteiger partial charge in [0.1, 0.15) is 11.3 Å². The summed E-state index contributed by atoms with van der Waals surface area (Å²) in [6.07, 6.45) is 0. The Morgan fingerprint density at radius 1 is 1.10 bits per heavy atom. The van der Waals surface area contributed by atoms with Gasteiger partial charge in [0, 0.05) is 15.6 Å². The third-order valence-corrected chi connectivity index (χ3v) is 5.05. The Morgan fingerprint density at radius 2 is 1.87 bits per heavy atom. The first-order chi connectivity index (χ1) is 14.5. The summed E-state index contributed by atoms with van der Waals surface area (Å²) in [7, 11) is 1.56. The summed E-state index contributed by atoms with van der Waals surface area (Å²) < 4.78 is 12.1. The molecule has 4 rings (SSSR count). The van der Waals surface area contributed by atoms with Crippen LogP contribution in [0.15, 0.2) is 75.6 Å². The number of methoxy groups -OCH3 is 1. The van der Waals surface area contributed by atoms with Gasteiger partial charge >= 0.3 is 0 Å². The number of nitrogens with one attached hydrogen (secondary N) is 2. The van der Waals surface area contributed by atoms with Crippen LogP contribution in [0.2, 0.25) is 0 Å². The van der Waals surface area contributed by atoms with Crippen molar-refractivity contribution >= 4 is 56.0 Å². The summed E-state index contributed by atoms with van der Waals surface area (Å²) in [6, 6.07) is 20.0. The second-order valence-electron chi connectivity index (χ2n) is 6.32. The fourth-order valence-corrected chi connectivity index (χ4v) is 3.33. The molecule has 0 aliphatic heterocycles. The molecule has 150 valence electrons. The highest BCUT2D eigenvalue weighted by Gasteiger charge is 2.14. The molecule has 0 fully saturated rings. The topological polar surface area (TPSA) is 76.4 Å². The lowest BCUT2D eigenvalue weighted by Crippen LogP contribution is -2.34. The fraction of sp³-hybridized carbons (Fsp3) is 0.0455. The molecule has 0 spiro atoms. The standard InChI is InChI=1S/C22H16BrN3O3S/c1-28-18-11-8-14(21-24-16-4-2-3-5-19(16)29-21)12-17(18)25-22(30)26-20(27)13-6-9-15(23)10-7-13/h2-12H,1H3,(H2,25,26,27,30). The molecule has 0 atom stereocenters. The average molecular weight is 482 g/mol. The number of hydrogen-bond donors (Lipinski definition) is 2. The highest BCUT2D eigenvalue weighted by atomic mass is 79.9. The van der Waals surface area contributed by atoms with E-state index < -0.39 is 0 Å². The zero-order chi connectivity index (χ0) is 21.1. The third-order valence-electron chi connectivity index (χ3n) is 4.32. The Hall–Kier alpha value is -3.23. The van der Waals surface area contributed by atoms with E-state index in [4.69, 9.17) is 21.4 Å². The van der Waals surface area contributed by atoms with Crippen molar-refractivity contribution in [3.8, 4) is 17.2 Å². The molecule has 4 aromatic rings. The summed E-state index contributed by atoms with van der Waals surface area (Å²) in [6.45, 7) is 0. The monoisotopic (exact) mass is 481 g/mol. The molecule has 0 bridgehead atoms. The van der Waals surface area contributed by atoms with Crippen molar-refractivity contribution in [3.63, 3.8) is 0 Å². The number of carbonyl (C=O) groups excluding carboxylic acids is 1. The second-order valence-corrected chi connectivity index (χ2v) is 7.64. The molecule has 0 aliphatic carbocycles. The fourth-order valence-electron chi connectivity index (χ4n) is 2.86. The molecule has 2 N–H and O–H groups in total. The number of carbonyl (C=O) groups is 1. The van der Waals surface area contributed by atoms with Crippen LogP contribution in [0.25, 0.3) is 22.6 Å². The number of thiocarbonyl (C=S) groups is 1. The van der Waals surface area contributed by atoms with Crippen LogP contribution in [0.3, 0.4) is 0 Å². The van der Waals surface area contributed by atoms with E-state index in [1.54, 1.807) is 37.4 Å². The van der Waals surface area contributed by atoms with E-state index in [1.807, 2.05) is 36.4 Å². The Morgan fingerprint density at radius 3 is 2.60 bits per heavy atom. The van der Waals surface area contributed by atoms with Gasteiger partial charge in [-0.15, -0.1) is 0 Å². The van der Waals surface area contributed by atoms with E-state index in [1.165, 1.54) is 0 Å². The molecule has 1 aromatic heterocycles. The van der Waals surface area contributed by atoms with E-state index in [9.17, 15) is 4.79 Å². The summed E-state index contributed by atoms with van der Waals surface area (Å²) in [5.41, 5.74) is 3.30. The van der Waals surface area contributed by atoms with Crippen molar-refractivity contribution in [3.05, 3.63) is 76.8 Å². The van der Waals surface area contributed by atoms with Crippen molar-refractivity contribution < 1.29 is 13.9 Å². The highest BCUT2D eigenvalue weighted by Crippen LogP contribution is 2.31. The first-order valence-electron chi connectivity index (χ1n) is 8.95. The molecule has 3 aromatic carbocycles. The Balaban J connectivity index is 1.55. The van der Waals surface area contributed by atoms with E-state index in [0.29, 0.717) is 28.5 Å². The van der Waals surface area contributed by atoms with Crippen LogP contribution >= 0.6 is 28.1 Å². The number of fused-ring (bicyclic) bond motifs is 1. The molecule has 1 heterocycles. The highest BCUT2D eigenvalue weighted by molar-refractivity contribution is 9.10. The summed E-state index contributed by atoms with van der Waals surface area (Å²) in [4.78, 5) is 16.9. The van der Waals surface area contributed by atoms with Crippen molar-refractivity contribution in [1.29, 1.82) is 0 Å². The maximum atomic E-state index is 12.4. The minimum atomic E-state index is -0.311. The Labute approximate surface area is 186 Å². The number of amides is 1. The zero-order valence-electron chi connectivity index (χ0n) is 15.8. The van der Waals surface area contributed by atoms with Gasteiger partial charge in [-0.25, -0.2) is 4.98 Å². The molecular formula is C22H16BrN3O3S. The van der Waals surface area contributed by atoms with Gasteiger partial charge < -0.3 is 14.5 Å². The first kappa shape index (κ1) is 20.1. The molecule has 6 nitrogen and oxygen atoms in total. The minimum absolute atomic E-state index is 0.149. The van der Waals surface area contributed by atoms with E-state index in [2.05, 4.69) is 31.5 Å². The Bertz CT molecular complexity index is 1210. The zero-order valence-corrected chi connectivity index (χ0v) is 18.2. The molecule has 8 heteroatoms. The number of rotatable bonds is 4. The Kier molecular flexibility index (Phi) is 5.78. The largest absolute Gasteiger partial charge is 0.495 e. The number of para-hydroxylation sites is 2. The molecule has 0 radical (unpaired) electrons. The molecular weight excluding hydrogens is 466 g/mol. The SMILES string of the molecule is COc1ccc(-c2nc3ccccc3o2)cc1NC(=S)NC(=O)c1ccc(Br)cc1. The van der Waals surface area contributed by atoms with Crippen LogP contribution in [-0.2, 0) is 0 Å². The van der Waals surface area contributed by atoms with Gasteiger partial charge in [-0.3, -0.25) is 10.1 Å². The average Bonchev–Trinajstić information content (AvgIpc) is 3.18. The molecule has 1 amide bonds. The lowest BCUT2D eigenvalue weighted by Gasteiger charge is -2.13. The van der Waals surface area contributed by atoms with Crippen LogP contribution in [0.4, 0.5) is 5.69 Å². The first-order valence-corrected chi connectivity index (χ1v) is 10.2. The van der Waals surface area contributed by atoms with Crippen LogP contribution in [-0.4, -0.2) is 23.1 Å². The van der Waals surface area contributed by atoms with Crippen molar-refractivity contribution in [2.75, 3.05) is 12.4 Å².